The van der Waals surface area contributed by atoms with Gasteiger partial charge in [0.05, 0.1) is 0 Å². The molecule has 2 heteroatoms. The van der Waals surface area contributed by atoms with E-state index in [0.717, 1.165) is 0 Å². The Bertz CT molecular complexity index is 329. The van der Waals surface area contributed by atoms with Crippen molar-refractivity contribution in [2.45, 2.75) is 4.05 Å². The number of para-hydroxylation sites is 1. The van der Waals surface area contributed by atoms with Gasteiger partial charge in [0.2, 0.25) is 0 Å². The second kappa shape index (κ2) is 3.96. The van der Waals surface area contributed by atoms with E-state index < -0.39 is 0 Å². The van der Waals surface area contributed by atoms with Crippen molar-refractivity contribution in [3.8, 4) is 0 Å². The Balaban J connectivity index is 2.27. The van der Waals surface area contributed by atoms with Crippen LogP contribution in [0.15, 0.2) is 54.8 Å². The average molecular weight is 283 g/mol. The number of hydrogen-bond donors (Lipinski definition) is 0. The number of anilines is 1. The minimum atomic E-state index is 0.421. The normalized spacial score (nSPS) is 20.7. The molecule has 0 saturated carbocycles. The molecule has 1 heterocycles. The first-order valence-corrected chi connectivity index (χ1v) is 5.45. The van der Waals surface area contributed by atoms with Crippen molar-refractivity contribution < 1.29 is 0 Å². The summed E-state index contributed by atoms with van der Waals surface area (Å²) in [7, 11) is 0. The van der Waals surface area contributed by atoms with E-state index in [4.69, 9.17) is 0 Å². The van der Waals surface area contributed by atoms with Crippen LogP contribution in [0.3, 0.4) is 0 Å². The van der Waals surface area contributed by atoms with Crippen LogP contribution in [0.1, 0.15) is 0 Å². The van der Waals surface area contributed by atoms with Gasteiger partial charge in [-0.25, -0.2) is 0 Å². The van der Waals surface area contributed by atoms with Gasteiger partial charge in [0.15, 0.2) is 0 Å². The molecule has 1 aromatic carbocycles. The van der Waals surface area contributed by atoms with Crippen LogP contribution in [0.5, 0.6) is 0 Å². The highest BCUT2D eigenvalue weighted by atomic mass is 127. The molecular formula is C11H10IN. The number of benzene rings is 1. The number of hydrogen-bond acceptors (Lipinski definition) is 1. The lowest BCUT2D eigenvalue weighted by Crippen LogP contribution is -2.24. The van der Waals surface area contributed by atoms with Crippen LogP contribution >= 0.6 is 22.6 Å². The fourth-order valence-electron chi connectivity index (χ4n) is 1.30. The minimum Gasteiger partial charge on any atom is -0.332 e. The van der Waals surface area contributed by atoms with E-state index in [-0.39, 0.29) is 0 Å². The smallest absolute Gasteiger partial charge is 0.104 e. The topological polar surface area (TPSA) is 3.24 Å². The van der Waals surface area contributed by atoms with Crippen LogP contribution < -0.4 is 4.90 Å². The van der Waals surface area contributed by atoms with E-state index >= 15 is 0 Å². The minimum absolute atomic E-state index is 0.421. The lowest BCUT2D eigenvalue weighted by Gasteiger charge is -2.26. The number of allylic oxidation sites excluding steroid dienone is 2. The third-order valence-corrected chi connectivity index (χ3v) is 2.96. The first-order valence-electron chi connectivity index (χ1n) is 4.20. The maximum Gasteiger partial charge on any atom is 0.104 e. The predicted molar refractivity (Wildman–Crippen MR) is 65.0 cm³/mol. The standard InChI is InChI=1S/C11H10IN/c12-11-8-4-5-9-13(11)10-6-2-1-3-7-10/h1-9,11H. The molecule has 0 aliphatic carbocycles. The molecule has 1 unspecified atom stereocenters. The van der Waals surface area contributed by atoms with Crippen molar-refractivity contribution in [3.63, 3.8) is 0 Å². The van der Waals surface area contributed by atoms with E-state index in [1.165, 1.54) is 5.69 Å². The molecule has 0 amide bonds. The van der Waals surface area contributed by atoms with Crippen molar-refractivity contribution in [1.29, 1.82) is 0 Å². The van der Waals surface area contributed by atoms with Crippen LogP contribution in [-0.2, 0) is 0 Å². The molecule has 0 aromatic heterocycles. The molecule has 0 bridgehead atoms. The Morgan fingerprint density at radius 1 is 1.08 bits per heavy atom. The Hall–Kier alpha value is -0.770. The van der Waals surface area contributed by atoms with E-state index in [1.807, 2.05) is 6.07 Å². The number of alkyl halides is 1. The Morgan fingerprint density at radius 3 is 2.54 bits per heavy atom. The molecule has 0 saturated heterocycles. The maximum absolute atomic E-state index is 2.41. The first kappa shape index (κ1) is 8.81. The summed E-state index contributed by atoms with van der Waals surface area (Å²) in [5.74, 6) is 0. The zero-order chi connectivity index (χ0) is 9.10. The summed E-state index contributed by atoms with van der Waals surface area (Å²) in [4.78, 5) is 2.24. The van der Waals surface area contributed by atoms with Gasteiger partial charge in [-0.1, -0.05) is 52.9 Å². The summed E-state index contributed by atoms with van der Waals surface area (Å²) in [6.07, 6.45) is 8.42. The van der Waals surface area contributed by atoms with Gasteiger partial charge in [-0.15, -0.1) is 0 Å². The number of nitrogens with zero attached hydrogens (tertiary/aromatic N) is 1. The second-order valence-electron chi connectivity index (χ2n) is 2.84. The predicted octanol–water partition coefficient (Wildman–Crippen LogP) is 3.34. The third-order valence-electron chi connectivity index (χ3n) is 1.95. The van der Waals surface area contributed by atoms with Gasteiger partial charge in [-0.2, -0.15) is 0 Å². The second-order valence-corrected chi connectivity index (χ2v) is 4.12. The molecule has 1 aliphatic heterocycles. The Kier molecular flexibility index (Phi) is 2.68. The quantitative estimate of drug-likeness (QED) is 0.434. The molecule has 66 valence electrons. The fourth-order valence-corrected chi connectivity index (χ4v) is 2.05. The molecule has 0 fully saturated rings. The summed E-state index contributed by atoms with van der Waals surface area (Å²) in [5, 5.41) is 0. The van der Waals surface area contributed by atoms with Gasteiger partial charge in [-0.05, 0) is 18.2 Å². The molecule has 13 heavy (non-hydrogen) atoms. The van der Waals surface area contributed by atoms with Crippen molar-refractivity contribution in [3.05, 3.63) is 54.8 Å². The summed E-state index contributed by atoms with van der Waals surface area (Å²) < 4.78 is 0.421. The van der Waals surface area contributed by atoms with Crippen LogP contribution in [0.2, 0.25) is 0 Å². The molecule has 2 rings (SSSR count). The third kappa shape index (κ3) is 1.94. The fraction of sp³-hybridized carbons (Fsp3) is 0.0909. The SMILES string of the molecule is IC1C=CC=CN1c1ccccc1. The van der Waals surface area contributed by atoms with E-state index in [0.29, 0.717) is 4.05 Å². The van der Waals surface area contributed by atoms with Gasteiger partial charge in [0.1, 0.15) is 4.05 Å². The van der Waals surface area contributed by atoms with Crippen molar-refractivity contribution in [1.82, 2.24) is 0 Å². The largest absolute Gasteiger partial charge is 0.332 e. The van der Waals surface area contributed by atoms with Gasteiger partial charge in [-0.3, -0.25) is 0 Å². The van der Waals surface area contributed by atoms with Gasteiger partial charge >= 0.3 is 0 Å². The van der Waals surface area contributed by atoms with Crippen molar-refractivity contribution in [2.75, 3.05) is 4.90 Å². The van der Waals surface area contributed by atoms with E-state index in [9.17, 15) is 0 Å². The molecule has 0 spiro atoms. The highest BCUT2D eigenvalue weighted by Crippen LogP contribution is 2.23. The highest BCUT2D eigenvalue weighted by Gasteiger charge is 2.11. The molecule has 0 N–H and O–H groups in total. The highest BCUT2D eigenvalue weighted by molar-refractivity contribution is 14.1. The van der Waals surface area contributed by atoms with Crippen LogP contribution in [-0.4, -0.2) is 4.05 Å². The lowest BCUT2D eigenvalue weighted by atomic mass is 10.2. The summed E-state index contributed by atoms with van der Waals surface area (Å²) in [6.45, 7) is 0. The van der Waals surface area contributed by atoms with Gasteiger partial charge in [0, 0.05) is 11.9 Å². The van der Waals surface area contributed by atoms with E-state index in [2.05, 4.69) is 76.2 Å². The zero-order valence-electron chi connectivity index (χ0n) is 7.10. The molecule has 1 atom stereocenters. The number of halogens is 1. The lowest BCUT2D eigenvalue weighted by molar-refractivity contribution is 1.04. The molecule has 1 aromatic rings. The zero-order valence-corrected chi connectivity index (χ0v) is 9.26. The molecule has 1 nitrogen and oxygen atoms in total. The Morgan fingerprint density at radius 2 is 1.85 bits per heavy atom. The molecule has 0 radical (unpaired) electrons. The van der Waals surface area contributed by atoms with Crippen LogP contribution in [0.4, 0.5) is 5.69 Å². The Labute approximate surface area is 91.9 Å². The summed E-state index contributed by atoms with van der Waals surface area (Å²) in [6, 6.07) is 10.4. The van der Waals surface area contributed by atoms with Gasteiger partial charge in [0.25, 0.3) is 0 Å². The monoisotopic (exact) mass is 283 g/mol. The van der Waals surface area contributed by atoms with Crippen molar-refractivity contribution >= 4 is 28.3 Å². The summed E-state index contributed by atoms with van der Waals surface area (Å²) in [5.41, 5.74) is 1.24. The van der Waals surface area contributed by atoms with Crippen LogP contribution in [0, 0.1) is 0 Å². The summed E-state index contributed by atoms with van der Waals surface area (Å²) >= 11 is 2.41. The van der Waals surface area contributed by atoms with E-state index in [1.54, 1.807) is 0 Å². The number of rotatable bonds is 1. The van der Waals surface area contributed by atoms with Crippen molar-refractivity contribution in [2.24, 2.45) is 0 Å². The molecular weight excluding hydrogens is 273 g/mol. The van der Waals surface area contributed by atoms with Crippen LogP contribution in [0.25, 0.3) is 0 Å². The first-order chi connectivity index (χ1) is 6.38. The maximum atomic E-state index is 2.41. The average Bonchev–Trinajstić information content (AvgIpc) is 2.20. The van der Waals surface area contributed by atoms with Gasteiger partial charge < -0.3 is 4.90 Å². The molecule has 1 aliphatic rings.